The summed E-state index contributed by atoms with van der Waals surface area (Å²) in [6, 6.07) is 14.6. The quantitative estimate of drug-likeness (QED) is 0.669. The van der Waals surface area contributed by atoms with E-state index in [1.54, 1.807) is 0 Å². The van der Waals surface area contributed by atoms with Gasteiger partial charge in [-0.15, -0.1) is 0 Å². The fourth-order valence-electron chi connectivity index (χ4n) is 2.18. The molecule has 0 radical (unpaired) electrons. The molecule has 0 saturated carbocycles. The highest BCUT2D eigenvalue weighted by molar-refractivity contribution is 5.27. The second-order valence-electron chi connectivity index (χ2n) is 4.95. The third kappa shape index (κ3) is 6.86. The molecule has 0 aliphatic heterocycles. The molecule has 1 aromatic carbocycles. The molecule has 1 aromatic rings. The number of nitriles is 3. The molecule has 0 saturated heterocycles. The smallest absolute Gasteiger partial charge is 0.0635 e. The molecular formula is C17H21N5. The molecular weight excluding hydrogens is 274 g/mol. The predicted octanol–water partition coefficient (Wildman–Crippen LogP) is 2.32. The molecule has 114 valence electrons. The Kier molecular flexibility index (Phi) is 9.06. The Labute approximate surface area is 132 Å². The zero-order valence-electron chi connectivity index (χ0n) is 12.8. The van der Waals surface area contributed by atoms with Gasteiger partial charge in [0.2, 0.25) is 0 Å². The van der Waals surface area contributed by atoms with E-state index in [1.165, 1.54) is 11.1 Å². The van der Waals surface area contributed by atoms with Crippen molar-refractivity contribution in [3.05, 3.63) is 35.4 Å². The van der Waals surface area contributed by atoms with Crippen LogP contribution in [0.2, 0.25) is 0 Å². The summed E-state index contributed by atoms with van der Waals surface area (Å²) < 4.78 is 0. The fraction of sp³-hybridized carbons (Fsp3) is 0.471. The second-order valence-corrected chi connectivity index (χ2v) is 4.95. The van der Waals surface area contributed by atoms with Crippen LogP contribution in [0.3, 0.4) is 0 Å². The van der Waals surface area contributed by atoms with Crippen molar-refractivity contribution < 1.29 is 0 Å². The molecule has 0 atom stereocenters. The first-order chi connectivity index (χ1) is 10.8. The van der Waals surface area contributed by atoms with Gasteiger partial charge in [-0.25, -0.2) is 0 Å². The van der Waals surface area contributed by atoms with Crippen molar-refractivity contribution in [3.63, 3.8) is 0 Å². The molecule has 0 bridgehead atoms. The Hall–Kier alpha value is -2.39. The fourth-order valence-corrected chi connectivity index (χ4v) is 2.18. The number of hydrogen-bond donors (Lipinski definition) is 1. The zero-order valence-corrected chi connectivity index (χ0v) is 12.8. The van der Waals surface area contributed by atoms with Crippen molar-refractivity contribution >= 4 is 0 Å². The molecule has 1 N–H and O–H groups in total. The molecule has 0 unspecified atom stereocenters. The molecule has 5 heteroatoms. The molecule has 1 rings (SSSR count). The summed E-state index contributed by atoms with van der Waals surface area (Å²) in [7, 11) is 0. The van der Waals surface area contributed by atoms with Crippen molar-refractivity contribution in [1.82, 2.24) is 10.2 Å². The second kappa shape index (κ2) is 11.3. The van der Waals surface area contributed by atoms with Gasteiger partial charge in [0.05, 0.1) is 18.2 Å². The van der Waals surface area contributed by atoms with Crippen LogP contribution in [0.1, 0.15) is 30.4 Å². The Morgan fingerprint density at radius 3 is 2.05 bits per heavy atom. The van der Waals surface area contributed by atoms with Crippen molar-refractivity contribution in [2.45, 2.75) is 32.4 Å². The minimum atomic E-state index is 0.466. The molecule has 0 aromatic heterocycles. The van der Waals surface area contributed by atoms with Gasteiger partial charge in [0.15, 0.2) is 0 Å². The minimum absolute atomic E-state index is 0.466. The van der Waals surface area contributed by atoms with Crippen LogP contribution >= 0.6 is 0 Å². The van der Waals surface area contributed by atoms with Crippen LogP contribution in [0.5, 0.6) is 0 Å². The van der Waals surface area contributed by atoms with E-state index in [4.69, 9.17) is 15.8 Å². The minimum Gasteiger partial charge on any atom is -0.312 e. The van der Waals surface area contributed by atoms with E-state index < -0.39 is 0 Å². The molecule has 0 fully saturated rings. The van der Waals surface area contributed by atoms with E-state index in [9.17, 15) is 0 Å². The monoisotopic (exact) mass is 295 g/mol. The number of nitrogens with zero attached hydrogens (tertiary/aromatic N) is 4. The van der Waals surface area contributed by atoms with Gasteiger partial charge in [-0.2, -0.15) is 15.8 Å². The van der Waals surface area contributed by atoms with E-state index in [1.807, 2.05) is 12.1 Å². The van der Waals surface area contributed by atoms with Gasteiger partial charge in [-0.3, -0.25) is 4.90 Å². The first-order valence-electron chi connectivity index (χ1n) is 7.42. The van der Waals surface area contributed by atoms with Gasteiger partial charge >= 0.3 is 0 Å². The number of hydrogen-bond acceptors (Lipinski definition) is 5. The predicted molar refractivity (Wildman–Crippen MR) is 84.1 cm³/mol. The van der Waals surface area contributed by atoms with Crippen molar-refractivity contribution in [3.8, 4) is 18.2 Å². The van der Waals surface area contributed by atoms with Gasteiger partial charge in [-0.1, -0.05) is 24.3 Å². The average molecular weight is 295 g/mol. The lowest BCUT2D eigenvalue weighted by Crippen LogP contribution is -2.26. The van der Waals surface area contributed by atoms with Crippen molar-refractivity contribution in [2.75, 3.05) is 19.6 Å². The Morgan fingerprint density at radius 1 is 0.864 bits per heavy atom. The lowest BCUT2D eigenvalue weighted by Gasteiger charge is -2.21. The molecule has 5 nitrogen and oxygen atoms in total. The van der Waals surface area contributed by atoms with Crippen LogP contribution in [-0.2, 0) is 13.1 Å². The average Bonchev–Trinajstić information content (AvgIpc) is 2.55. The van der Waals surface area contributed by atoms with Crippen LogP contribution in [0.25, 0.3) is 0 Å². The standard InChI is InChI=1S/C17H21N5/c18-8-3-11-21-14-16-6-1-2-7-17(16)15-22(12-4-9-19)13-5-10-20/h1-2,6-7,21H,3-5,11-15H2. The summed E-state index contributed by atoms with van der Waals surface area (Å²) in [5.74, 6) is 0. The number of nitrogens with one attached hydrogen (secondary N) is 1. The molecule has 0 spiro atoms. The summed E-state index contributed by atoms with van der Waals surface area (Å²) in [5.41, 5.74) is 2.39. The maximum atomic E-state index is 8.75. The van der Waals surface area contributed by atoms with Gasteiger partial charge in [0, 0.05) is 52.0 Å². The SMILES string of the molecule is N#CCCNCc1ccccc1CN(CCC#N)CCC#N. The van der Waals surface area contributed by atoms with Gasteiger partial charge in [0.1, 0.15) is 0 Å². The first-order valence-corrected chi connectivity index (χ1v) is 7.42. The maximum Gasteiger partial charge on any atom is 0.0635 e. The first kappa shape index (κ1) is 17.7. The highest BCUT2D eigenvalue weighted by Crippen LogP contribution is 2.12. The highest BCUT2D eigenvalue weighted by atomic mass is 15.1. The molecule has 0 heterocycles. The van der Waals surface area contributed by atoms with E-state index >= 15 is 0 Å². The van der Waals surface area contributed by atoms with Gasteiger partial charge in [0.25, 0.3) is 0 Å². The number of benzene rings is 1. The Bertz CT molecular complexity index is 544. The maximum absolute atomic E-state index is 8.75. The molecule has 0 aliphatic rings. The van der Waals surface area contributed by atoms with E-state index in [0.717, 1.165) is 13.1 Å². The third-order valence-corrected chi connectivity index (χ3v) is 3.32. The summed E-state index contributed by atoms with van der Waals surface area (Å²) in [5, 5.41) is 29.3. The Balaban J connectivity index is 2.66. The van der Waals surface area contributed by atoms with Crippen molar-refractivity contribution in [2.24, 2.45) is 0 Å². The van der Waals surface area contributed by atoms with Crippen LogP contribution in [-0.4, -0.2) is 24.5 Å². The normalized spacial score (nSPS) is 9.91. The molecule has 0 amide bonds. The van der Waals surface area contributed by atoms with E-state index in [2.05, 4.69) is 40.6 Å². The molecule has 22 heavy (non-hydrogen) atoms. The lowest BCUT2D eigenvalue weighted by atomic mass is 10.1. The van der Waals surface area contributed by atoms with Crippen LogP contribution in [0.15, 0.2) is 24.3 Å². The van der Waals surface area contributed by atoms with Crippen LogP contribution < -0.4 is 5.32 Å². The molecule has 0 aliphatic carbocycles. The van der Waals surface area contributed by atoms with E-state index in [-0.39, 0.29) is 0 Å². The largest absolute Gasteiger partial charge is 0.312 e. The summed E-state index contributed by atoms with van der Waals surface area (Å²) in [6.07, 6.45) is 1.43. The highest BCUT2D eigenvalue weighted by Gasteiger charge is 2.08. The Morgan fingerprint density at radius 2 is 1.45 bits per heavy atom. The van der Waals surface area contributed by atoms with Crippen molar-refractivity contribution in [1.29, 1.82) is 15.8 Å². The van der Waals surface area contributed by atoms with Crippen LogP contribution in [0.4, 0.5) is 0 Å². The summed E-state index contributed by atoms with van der Waals surface area (Å²) in [6.45, 7) is 3.49. The number of rotatable bonds is 10. The van der Waals surface area contributed by atoms with E-state index in [0.29, 0.717) is 38.9 Å². The summed E-state index contributed by atoms with van der Waals surface area (Å²) in [4.78, 5) is 2.14. The van der Waals surface area contributed by atoms with Gasteiger partial charge in [-0.05, 0) is 11.1 Å². The third-order valence-electron chi connectivity index (χ3n) is 3.32. The summed E-state index contributed by atoms with van der Waals surface area (Å²) >= 11 is 0. The van der Waals surface area contributed by atoms with Crippen LogP contribution in [0, 0.1) is 34.0 Å². The lowest BCUT2D eigenvalue weighted by molar-refractivity contribution is 0.277. The topological polar surface area (TPSA) is 86.6 Å². The van der Waals surface area contributed by atoms with Gasteiger partial charge < -0.3 is 5.32 Å². The zero-order chi connectivity index (χ0) is 16.0.